The van der Waals surface area contributed by atoms with E-state index >= 15 is 0 Å². The molecule has 116 valence electrons. The summed E-state index contributed by atoms with van der Waals surface area (Å²) in [7, 11) is 0. The summed E-state index contributed by atoms with van der Waals surface area (Å²) >= 11 is 0. The van der Waals surface area contributed by atoms with Crippen molar-refractivity contribution in [1.29, 1.82) is 0 Å². The van der Waals surface area contributed by atoms with E-state index in [1.54, 1.807) is 17.9 Å². The smallest absolute Gasteiger partial charge is 0.416 e. The molecule has 0 radical (unpaired) electrons. The highest BCUT2D eigenvalue weighted by Gasteiger charge is 2.31. The van der Waals surface area contributed by atoms with Gasteiger partial charge in [0.15, 0.2) is 0 Å². The van der Waals surface area contributed by atoms with Crippen molar-refractivity contribution < 1.29 is 22.7 Å². The molecule has 0 saturated carbocycles. The molecule has 1 saturated heterocycles. The molecule has 1 aromatic carbocycles. The van der Waals surface area contributed by atoms with Gasteiger partial charge in [-0.25, -0.2) is 4.79 Å². The molecule has 1 fully saturated rings. The average molecular weight is 302 g/mol. The highest BCUT2D eigenvalue weighted by Crippen LogP contribution is 2.31. The van der Waals surface area contributed by atoms with E-state index in [9.17, 15) is 18.0 Å². The second kappa shape index (κ2) is 6.24. The van der Waals surface area contributed by atoms with Crippen molar-refractivity contribution in [1.82, 2.24) is 4.90 Å². The van der Waals surface area contributed by atoms with Crippen LogP contribution in [0.5, 0.6) is 0 Å². The minimum Gasteiger partial charge on any atom is -0.450 e. The third kappa shape index (κ3) is 4.03. The van der Waals surface area contributed by atoms with Crippen LogP contribution in [0.15, 0.2) is 24.3 Å². The van der Waals surface area contributed by atoms with Gasteiger partial charge in [0.1, 0.15) is 0 Å². The van der Waals surface area contributed by atoms with Crippen molar-refractivity contribution in [2.75, 3.05) is 25.0 Å². The number of carbonyl (C=O) groups excluding carboxylic acids is 1. The highest BCUT2D eigenvalue weighted by molar-refractivity contribution is 5.68. The zero-order valence-corrected chi connectivity index (χ0v) is 11.6. The minimum absolute atomic E-state index is 0.0714. The monoisotopic (exact) mass is 302 g/mol. The molecule has 1 heterocycles. The Morgan fingerprint density at radius 3 is 2.90 bits per heavy atom. The molecule has 2 rings (SSSR count). The second-order valence-corrected chi connectivity index (χ2v) is 4.85. The van der Waals surface area contributed by atoms with Gasteiger partial charge in [-0.3, -0.25) is 0 Å². The molecule has 0 spiro atoms. The van der Waals surface area contributed by atoms with E-state index in [1.807, 2.05) is 0 Å². The maximum atomic E-state index is 12.6. The van der Waals surface area contributed by atoms with Crippen molar-refractivity contribution in [3.63, 3.8) is 0 Å². The first kappa shape index (κ1) is 15.5. The number of amides is 1. The van der Waals surface area contributed by atoms with Crippen LogP contribution in [0.25, 0.3) is 0 Å². The van der Waals surface area contributed by atoms with Crippen LogP contribution in [0.2, 0.25) is 0 Å². The fourth-order valence-electron chi connectivity index (χ4n) is 2.28. The number of likely N-dealkylation sites (tertiary alicyclic amines) is 1. The maximum absolute atomic E-state index is 12.6. The molecule has 1 aromatic rings. The van der Waals surface area contributed by atoms with Crippen LogP contribution in [-0.4, -0.2) is 36.7 Å². The van der Waals surface area contributed by atoms with Crippen molar-refractivity contribution in [2.24, 2.45) is 0 Å². The van der Waals surface area contributed by atoms with Gasteiger partial charge in [-0.2, -0.15) is 13.2 Å². The summed E-state index contributed by atoms with van der Waals surface area (Å²) in [5.74, 6) is 0. The highest BCUT2D eigenvalue weighted by atomic mass is 19.4. The van der Waals surface area contributed by atoms with E-state index in [-0.39, 0.29) is 12.1 Å². The molecule has 1 aliphatic heterocycles. The number of carbonyl (C=O) groups is 1. The Morgan fingerprint density at radius 1 is 1.48 bits per heavy atom. The molecule has 1 aliphatic rings. The summed E-state index contributed by atoms with van der Waals surface area (Å²) in [6.07, 6.45) is -4.06. The normalized spacial score (nSPS) is 18.7. The molecular weight excluding hydrogens is 285 g/mol. The molecule has 1 unspecified atom stereocenters. The van der Waals surface area contributed by atoms with Crippen LogP contribution >= 0.6 is 0 Å². The SMILES string of the molecule is CCOC(=O)N1CCC(Nc2cccc(C(F)(F)F)c2)C1. The van der Waals surface area contributed by atoms with E-state index in [2.05, 4.69) is 5.32 Å². The molecule has 1 atom stereocenters. The number of hydrogen-bond acceptors (Lipinski definition) is 3. The Bertz CT molecular complexity index is 505. The van der Waals surface area contributed by atoms with Gasteiger partial charge in [-0.15, -0.1) is 0 Å². The minimum atomic E-state index is -4.36. The lowest BCUT2D eigenvalue weighted by molar-refractivity contribution is -0.137. The zero-order valence-electron chi connectivity index (χ0n) is 11.6. The van der Waals surface area contributed by atoms with Crippen LogP contribution in [0.3, 0.4) is 0 Å². The standard InChI is InChI=1S/C14H17F3N2O2/c1-2-21-13(20)19-7-6-12(9-19)18-11-5-3-4-10(8-11)14(15,16)17/h3-5,8,12,18H,2,6-7,9H2,1H3. The number of ether oxygens (including phenoxy) is 1. The summed E-state index contributed by atoms with van der Waals surface area (Å²) in [5.41, 5.74) is -0.284. The lowest BCUT2D eigenvalue weighted by Gasteiger charge is -2.17. The first-order valence-corrected chi connectivity index (χ1v) is 6.75. The van der Waals surface area contributed by atoms with E-state index in [4.69, 9.17) is 4.74 Å². The van der Waals surface area contributed by atoms with Crippen LogP contribution in [0, 0.1) is 0 Å². The molecule has 1 amide bonds. The van der Waals surface area contributed by atoms with Gasteiger partial charge in [0.25, 0.3) is 0 Å². The number of nitrogens with one attached hydrogen (secondary N) is 1. The molecule has 0 bridgehead atoms. The summed E-state index contributed by atoms with van der Waals surface area (Å²) in [6, 6.07) is 4.99. The van der Waals surface area contributed by atoms with Crippen LogP contribution in [0.1, 0.15) is 18.9 Å². The fourth-order valence-corrected chi connectivity index (χ4v) is 2.28. The number of anilines is 1. The van der Waals surface area contributed by atoms with E-state index in [0.29, 0.717) is 31.8 Å². The molecule has 1 N–H and O–H groups in total. The number of benzene rings is 1. The first-order chi connectivity index (χ1) is 9.90. The average Bonchev–Trinajstić information content (AvgIpc) is 2.87. The Hall–Kier alpha value is -1.92. The first-order valence-electron chi connectivity index (χ1n) is 6.75. The van der Waals surface area contributed by atoms with Crippen molar-refractivity contribution in [2.45, 2.75) is 25.6 Å². The van der Waals surface area contributed by atoms with E-state index in [1.165, 1.54) is 6.07 Å². The Kier molecular flexibility index (Phi) is 4.59. The van der Waals surface area contributed by atoms with E-state index < -0.39 is 11.7 Å². The second-order valence-electron chi connectivity index (χ2n) is 4.85. The zero-order chi connectivity index (χ0) is 15.5. The van der Waals surface area contributed by atoms with E-state index in [0.717, 1.165) is 12.1 Å². The van der Waals surface area contributed by atoms with Crippen LogP contribution < -0.4 is 5.32 Å². The number of halogens is 3. The topological polar surface area (TPSA) is 41.6 Å². The number of alkyl halides is 3. The molecule has 7 heteroatoms. The summed E-state index contributed by atoms with van der Waals surface area (Å²) in [5, 5.41) is 3.03. The lowest BCUT2D eigenvalue weighted by atomic mass is 10.1. The van der Waals surface area contributed by atoms with Gasteiger partial charge in [0.2, 0.25) is 0 Å². The van der Waals surface area contributed by atoms with Gasteiger partial charge in [-0.05, 0) is 31.5 Å². The van der Waals surface area contributed by atoms with Crippen molar-refractivity contribution in [3.8, 4) is 0 Å². The van der Waals surface area contributed by atoms with Gasteiger partial charge in [0.05, 0.1) is 12.2 Å². The third-order valence-corrected chi connectivity index (χ3v) is 3.27. The summed E-state index contributed by atoms with van der Waals surface area (Å²) in [4.78, 5) is 13.1. The fraction of sp³-hybridized carbons (Fsp3) is 0.500. The van der Waals surface area contributed by atoms with Gasteiger partial charge in [-0.1, -0.05) is 6.07 Å². The van der Waals surface area contributed by atoms with Gasteiger partial charge in [0, 0.05) is 24.8 Å². The molecule has 0 aromatic heterocycles. The lowest BCUT2D eigenvalue weighted by Crippen LogP contribution is -2.32. The largest absolute Gasteiger partial charge is 0.450 e. The molecule has 4 nitrogen and oxygen atoms in total. The number of hydrogen-bond donors (Lipinski definition) is 1. The summed E-state index contributed by atoms with van der Waals surface area (Å²) in [6.45, 7) is 3.00. The van der Waals surface area contributed by atoms with Crippen molar-refractivity contribution >= 4 is 11.8 Å². The summed E-state index contributed by atoms with van der Waals surface area (Å²) < 4.78 is 42.8. The molecular formula is C14H17F3N2O2. The predicted octanol–water partition coefficient (Wildman–Crippen LogP) is 3.35. The van der Waals surface area contributed by atoms with Crippen LogP contribution in [0.4, 0.5) is 23.7 Å². The van der Waals surface area contributed by atoms with Gasteiger partial charge < -0.3 is 15.0 Å². The Morgan fingerprint density at radius 2 is 2.24 bits per heavy atom. The molecule has 0 aliphatic carbocycles. The Balaban J connectivity index is 1.96. The number of nitrogens with zero attached hydrogens (tertiary/aromatic N) is 1. The number of rotatable bonds is 3. The van der Waals surface area contributed by atoms with Gasteiger partial charge >= 0.3 is 12.3 Å². The third-order valence-electron chi connectivity index (χ3n) is 3.27. The maximum Gasteiger partial charge on any atom is 0.416 e. The Labute approximate surface area is 120 Å². The molecule has 21 heavy (non-hydrogen) atoms. The van der Waals surface area contributed by atoms with Crippen molar-refractivity contribution in [3.05, 3.63) is 29.8 Å². The quantitative estimate of drug-likeness (QED) is 0.931. The van der Waals surface area contributed by atoms with Crippen LogP contribution in [-0.2, 0) is 10.9 Å². The predicted molar refractivity (Wildman–Crippen MR) is 72.1 cm³/mol.